The molecule has 1 aromatic heterocycles. The number of hydrogen-bond donors (Lipinski definition) is 1. The van der Waals surface area contributed by atoms with E-state index in [0.717, 1.165) is 23.6 Å². The fraction of sp³-hybridized carbons (Fsp3) is 0.375. The summed E-state index contributed by atoms with van der Waals surface area (Å²) in [5.41, 5.74) is 3.67. The van der Waals surface area contributed by atoms with Gasteiger partial charge in [0.2, 0.25) is 0 Å². The molecule has 0 spiro atoms. The minimum absolute atomic E-state index is 0.222. The van der Waals surface area contributed by atoms with Gasteiger partial charge in [-0.1, -0.05) is 24.6 Å². The maximum Gasteiger partial charge on any atom is 0.0685 e. The molecule has 0 amide bonds. The highest BCUT2D eigenvalue weighted by Crippen LogP contribution is 2.36. The Kier molecular flexibility index (Phi) is 5.67. The van der Waals surface area contributed by atoms with Gasteiger partial charge < -0.3 is 5.32 Å². The fourth-order valence-corrected chi connectivity index (χ4v) is 4.17. The molecule has 0 saturated heterocycles. The summed E-state index contributed by atoms with van der Waals surface area (Å²) in [6, 6.07) is 6.60. The molecule has 0 fully saturated rings. The number of benzene rings is 1. The average Bonchev–Trinajstić information content (AvgIpc) is 2.82. The highest BCUT2D eigenvalue weighted by molar-refractivity contribution is 9.10. The van der Waals surface area contributed by atoms with E-state index in [4.69, 9.17) is 11.6 Å². The van der Waals surface area contributed by atoms with Crippen molar-refractivity contribution in [2.45, 2.75) is 33.2 Å². The van der Waals surface area contributed by atoms with Crippen LogP contribution >= 0.6 is 38.9 Å². The third kappa shape index (κ3) is 3.45. The first kappa shape index (κ1) is 16.0. The van der Waals surface area contributed by atoms with Crippen molar-refractivity contribution >= 4 is 38.9 Å². The van der Waals surface area contributed by atoms with Gasteiger partial charge in [0, 0.05) is 14.4 Å². The number of thiophene rings is 1. The Bertz CT molecular complexity index is 594. The predicted octanol–water partition coefficient (Wildman–Crippen LogP) is 5.87. The van der Waals surface area contributed by atoms with Crippen molar-refractivity contribution in [2.24, 2.45) is 0 Å². The van der Waals surface area contributed by atoms with Gasteiger partial charge in [0.25, 0.3) is 0 Å². The van der Waals surface area contributed by atoms with Gasteiger partial charge in [0.1, 0.15) is 0 Å². The van der Waals surface area contributed by atoms with Gasteiger partial charge in [-0.3, -0.25) is 0 Å². The highest BCUT2D eigenvalue weighted by Gasteiger charge is 2.20. The molecule has 1 unspecified atom stereocenters. The van der Waals surface area contributed by atoms with Crippen LogP contribution < -0.4 is 5.32 Å². The lowest BCUT2D eigenvalue weighted by Crippen LogP contribution is -2.23. The van der Waals surface area contributed by atoms with Gasteiger partial charge in [-0.15, -0.1) is 11.3 Å². The Morgan fingerprint density at radius 3 is 2.65 bits per heavy atom. The van der Waals surface area contributed by atoms with E-state index in [1.807, 2.05) is 0 Å². The van der Waals surface area contributed by atoms with E-state index in [-0.39, 0.29) is 6.04 Å². The van der Waals surface area contributed by atoms with Crippen molar-refractivity contribution in [2.75, 3.05) is 6.54 Å². The molecule has 1 nitrogen and oxygen atoms in total. The van der Waals surface area contributed by atoms with Crippen molar-refractivity contribution in [3.8, 4) is 0 Å². The molecule has 2 aromatic rings. The van der Waals surface area contributed by atoms with E-state index < -0.39 is 0 Å². The molecule has 1 atom stereocenters. The Morgan fingerprint density at radius 1 is 1.30 bits per heavy atom. The van der Waals surface area contributed by atoms with Crippen LogP contribution in [0.1, 0.15) is 41.0 Å². The predicted molar refractivity (Wildman–Crippen MR) is 93.1 cm³/mol. The van der Waals surface area contributed by atoms with Gasteiger partial charge in [-0.2, -0.15) is 0 Å². The van der Waals surface area contributed by atoms with Gasteiger partial charge in [-0.25, -0.2) is 0 Å². The topological polar surface area (TPSA) is 12.0 Å². The monoisotopic (exact) mass is 371 g/mol. The Hall–Kier alpha value is -0.350. The van der Waals surface area contributed by atoms with Crippen LogP contribution in [0.4, 0.5) is 0 Å². The lowest BCUT2D eigenvalue weighted by atomic mass is 9.97. The van der Waals surface area contributed by atoms with Crippen molar-refractivity contribution in [1.82, 2.24) is 5.32 Å². The van der Waals surface area contributed by atoms with Crippen molar-refractivity contribution < 1.29 is 0 Å². The van der Waals surface area contributed by atoms with Gasteiger partial charge in [0.15, 0.2) is 0 Å². The van der Waals surface area contributed by atoms with E-state index in [1.54, 1.807) is 11.3 Å². The third-order valence-corrected chi connectivity index (χ3v) is 5.71. The van der Waals surface area contributed by atoms with Crippen molar-refractivity contribution in [3.05, 3.63) is 54.6 Å². The fourth-order valence-electron chi connectivity index (χ4n) is 2.26. The summed E-state index contributed by atoms with van der Waals surface area (Å²) in [6.45, 7) is 7.37. The first-order valence-corrected chi connectivity index (χ1v) is 8.82. The zero-order chi connectivity index (χ0) is 14.7. The second-order valence-electron chi connectivity index (χ2n) is 4.98. The number of halogens is 2. The van der Waals surface area contributed by atoms with Crippen molar-refractivity contribution in [1.29, 1.82) is 0 Å². The van der Waals surface area contributed by atoms with Gasteiger partial charge in [-0.05, 0) is 76.9 Å². The van der Waals surface area contributed by atoms with Crippen LogP contribution in [-0.2, 0) is 0 Å². The summed E-state index contributed by atoms with van der Waals surface area (Å²) in [6.07, 6.45) is 1.12. The molecular formula is C16H19BrClNS. The number of nitrogens with one attached hydrogen (secondary N) is 1. The second-order valence-corrected chi connectivity index (χ2v) is 7.19. The quantitative estimate of drug-likeness (QED) is 0.692. The number of hydrogen-bond acceptors (Lipinski definition) is 2. The van der Waals surface area contributed by atoms with E-state index in [2.05, 4.69) is 65.6 Å². The molecular weight excluding hydrogens is 354 g/mol. The van der Waals surface area contributed by atoms with E-state index in [9.17, 15) is 0 Å². The summed E-state index contributed by atoms with van der Waals surface area (Å²) < 4.78 is 1.17. The summed E-state index contributed by atoms with van der Waals surface area (Å²) in [5.74, 6) is 0. The minimum Gasteiger partial charge on any atom is -0.306 e. The summed E-state index contributed by atoms with van der Waals surface area (Å²) in [4.78, 5) is 1.32. The average molecular weight is 373 g/mol. The summed E-state index contributed by atoms with van der Waals surface area (Å²) >= 11 is 11.7. The highest BCUT2D eigenvalue weighted by atomic mass is 79.9. The summed E-state index contributed by atoms with van der Waals surface area (Å²) in [5, 5.41) is 6.62. The third-order valence-electron chi connectivity index (χ3n) is 3.36. The van der Waals surface area contributed by atoms with Crippen LogP contribution in [0.5, 0.6) is 0 Å². The molecule has 2 rings (SSSR count). The lowest BCUT2D eigenvalue weighted by Gasteiger charge is -2.21. The Balaban J connectivity index is 2.46. The van der Waals surface area contributed by atoms with Crippen LogP contribution in [0, 0.1) is 13.8 Å². The van der Waals surface area contributed by atoms with E-state index in [1.165, 1.54) is 20.5 Å². The van der Waals surface area contributed by atoms with Crippen LogP contribution in [0.3, 0.4) is 0 Å². The maximum absolute atomic E-state index is 6.22. The smallest absolute Gasteiger partial charge is 0.0685 e. The maximum atomic E-state index is 6.22. The first-order chi connectivity index (χ1) is 9.54. The second kappa shape index (κ2) is 7.08. The molecule has 0 radical (unpaired) electrons. The molecule has 0 saturated carbocycles. The lowest BCUT2D eigenvalue weighted by molar-refractivity contribution is 0.602. The molecule has 1 heterocycles. The van der Waals surface area contributed by atoms with E-state index >= 15 is 0 Å². The molecule has 4 heteroatoms. The molecule has 108 valence electrons. The van der Waals surface area contributed by atoms with Crippen molar-refractivity contribution in [3.63, 3.8) is 0 Å². The number of aryl methyl sites for hydroxylation is 2. The minimum atomic E-state index is 0.222. The van der Waals surface area contributed by atoms with Crippen LogP contribution in [0.25, 0.3) is 0 Å². The molecule has 0 aliphatic heterocycles. The van der Waals surface area contributed by atoms with Crippen LogP contribution in [-0.4, -0.2) is 6.54 Å². The molecule has 1 N–H and O–H groups in total. The zero-order valence-electron chi connectivity index (χ0n) is 12.0. The molecule has 0 bridgehead atoms. The standard InChI is InChI=1S/C16H19BrClNS/c1-4-6-19-15(16-13(17)5-7-20-16)12-8-11(3)14(18)9-10(12)2/h5,7-9,15,19H,4,6H2,1-3H3. The zero-order valence-corrected chi connectivity index (χ0v) is 15.1. The van der Waals surface area contributed by atoms with Gasteiger partial charge >= 0.3 is 0 Å². The first-order valence-electron chi connectivity index (χ1n) is 6.77. The van der Waals surface area contributed by atoms with E-state index in [0.29, 0.717) is 0 Å². The molecule has 1 aromatic carbocycles. The summed E-state index contributed by atoms with van der Waals surface area (Å²) in [7, 11) is 0. The van der Waals surface area contributed by atoms with Gasteiger partial charge in [0.05, 0.1) is 6.04 Å². The molecule has 20 heavy (non-hydrogen) atoms. The SMILES string of the molecule is CCCNC(c1cc(C)c(Cl)cc1C)c1sccc1Br. The largest absolute Gasteiger partial charge is 0.306 e. The number of rotatable bonds is 5. The Morgan fingerprint density at radius 2 is 2.05 bits per heavy atom. The normalized spacial score (nSPS) is 12.7. The van der Waals surface area contributed by atoms with Crippen LogP contribution in [0.2, 0.25) is 5.02 Å². The molecule has 0 aliphatic rings. The molecule has 0 aliphatic carbocycles. The van der Waals surface area contributed by atoms with Crippen LogP contribution in [0.15, 0.2) is 28.1 Å². The Labute approximate surface area is 138 Å².